The van der Waals surface area contributed by atoms with E-state index in [1.807, 2.05) is 0 Å². The van der Waals surface area contributed by atoms with Gasteiger partial charge in [-0.25, -0.2) is 12.8 Å². The number of rotatable bonds is 2. The van der Waals surface area contributed by atoms with Crippen molar-refractivity contribution in [2.45, 2.75) is 29.9 Å². The van der Waals surface area contributed by atoms with Crippen LogP contribution in [0.15, 0.2) is 23.1 Å². The second-order valence-corrected chi connectivity index (χ2v) is 9.19. The van der Waals surface area contributed by atoms with Gasteiger partial charge in [0, 0.05) is 23.6 Å². The van der Waals surface area contributed by atoms with Gasteiger partial charge in [0.15, 0.2) is 0 Å². The predicted molar refractivity (Wildman–Crippen MR) is 80.7 cm³/mol. The first kappa shape index (κ1) is 15.6. The number of nitrogen functional groups attached to an aromatic ring is 1. The Bertz CT molecular complexity index is 602. The van der Waals surface area contributed by atoms with Crippen LogP contribution in [-0.4, -0.2) is 36.3 Å². The number of halogens is 1. The molecule has 112 valence electrons. The summed E-state index contributed by atoms with van der Waals surface area (Å²) in [5, 5.41) is 0. The van der Waals surface area contributed by atoms with Gasteiger partial charge in [0.1, 0.15) is 5.82 Å². The second-order valence-electron chi connectivity index (χ2n) is 5.45. The van der Waals surface area contributed by atoms with Crippen LogP contribution in [0, 0.1) is 5.82 Å². The fourth-order valence-electron chi connectivity index (χ4n) is 2.06. The Morgan fingerprint density at radius 2 is 2.05 bits per heavy atom. The zero-order chi connectivity index (χ0) is 15.0. The number of anilines is 1. The van der Waals surface area contributed by atoms with Crippen molar-refractivity contribution in [2.24, 2.45) is 0 Å². The normalized spacial score (nSPS) is 20.6. The SMILES string of the molecule is CC1(C)CCN(S(=O)(=O)c2ccc(N)c(F)c2)CCS1. The third kappa shape index (κ3) is 3.27. The molecule has 20 heavy (non-hydrogen) atoms. The summed E-state index contributed by atoms with van der Waals surface area (Å²) in [6.07, 6.45) is 0.772. The largest absolute Gasteiger partial charge is 0.396 e. The lowest BCUT2D eigenvalue weighted by Crippen LogP contribution is -2.33. The molecular weight excluding hydrogens is 299 g/mol. The van der Waals surface area contributed by atoms with Gasteiger partial charge in [0.2, 0.25) is 10.0 Å². The zero-order valence-electron chi connectivity index (χ0n) is 11.6. The highest BCUT2D eigenvalue weighted by atomic mass is 32.2. The molecule has 0 unspecified atom stereocenters. The van der Waals surface area contributed by atoms with E-state index in [-0.39, 0.29) is 15.3 Å². The Morgan fingerprint density at radius 3 is 2.70 bits per heavy atom. The lowest BCUT2D eigenvalue weighted by molar-refractivity contribution is 0.415. The van der Waals surface area contributed by atoms with E-state index in [0.29, 0.717) is 13.1 Å². The van der Waals surface area contributed by atoms with Gasteiger partial charge < -0.3 is 5.73 Å². The van der Waals surface area contributed by atoms with Gasteiger partial charge in [-0.15, -0.1) is 0 Å². The Morgan fingerprint density at radius 1 is 1.35 bits per heavy atom. The van der Waals surface area contributed by atoms with Crippen LogP contribution in [-0.2, 0) is 10.0 Å². The topological polar surface area (TPSA) is 63.4 Å². The summed E-state index contributed by atoms with van der Waals surface area (Å²) in [6, 6.07) is 3.64. The monoisotopic (exact) mass is 318 g/mol. The minimum Gasteiger partial charge on any atom is -0.396 e. The molecule has 0 spiro atoms. The van der Waals surface area contributed by atoms with Crippen LogP contribution >= 0.6 is 11.8 Å². The molecule has 2 rings (SSSR count). The first-order chi connectivity index (χ1) is 9.22. The van der Waals surface area contributed by atoms with Gasteiger partial charge in [-0.3, -0.25) is 0 Å². The highest BCUT2D eigenvalue weighted by Crippen LogP contribution is 2.32. The number of sulfonamides is 1. The van der Waals surface area contributed by atoms with E-state index in [2.05, 4.69) is 13.8 Å². The highest BCUT2D eigenvalue weighted by molar-refractivity contribution is 8.00. The second kappa shape index (κ2) is 5.54. The molecule has 1 fully saturated rings. The molecule has 1 saturated heterocycles. The number of thioether (sulfide) groups is 1. The van der Waals surface area contributed by atoms with Gasteiger partial charge in [0.25, 0.3) is 0 Å². The summed E-state index contributed by atoms with van der Waals surface area (Å²) in [5.41, 5.74) is 5.34. The van der Waals surface area contributed by atoms with Crippen LogP contribution in [0.25, 0.3) is 0 Å². The average molecular weight is 318 g/mol. The highest BCUT2D eigenvalue weighted by Gasteiger charge is 2.31. The van der Waals surface area contributed by atoms with Crippen LogP contribution in [0.1, 0.15) is 20.3 Å². The van der Waals surface area contributed by atoms with E-state index in [9.17, 15) is 12.8 Å². The van der Waals surface area contributed by atoms with E-state index in [1.165, 1.54) is 16.4 Å². The number of nitrogens with zero attached hydrogens (tertiary/aromatic N) is 1. The Labute approximate surface area is 123 Å². The van der Waals surface area contributed by atoms with Crippen molar-refractivity contribution in [3.63, 3.8) is 0 Å². The van der Waals surface area contributed by atoms with Crippen molar-refractivity contribution >= 4 is 27.5 Å². The summed E-state index contributed by atoms with van der Waals surface area (Å²) in [6.45, 7) is 5.12. The van der Waals surface area contributed by atoms with Crippen molar-refractivity contribution < 1.29 is 12.8 Å². The van der Waals surface area contributed by atoms with Gasteiger partial charge in [0.05, 0.1) is 10.6 Å². The van der Waals surface area contributed by atoms with Gasteiger partial charge in [-0.1, -0.05) is 13.8 Å². The fraction of sp³-hybridized carbons (Fsp3) is 0.538. The van der Waals surface area contributed by atoms with Crippen LogP contribution in [0.4, 0.5) is 10.1 Å². The molecule has 0 radical (unpaired) electrons. The zero-order valence-corrected chi connectivity index (χ0v) is 13.2. The lowest BCUT2D eigenvalue weighted by Gasteiger charge is -2.22. The molecule has 4 nitrogen and oxygen atoms in total. The molecule has 0 aromatic heterocycles. The molecule has 0 amide bonds. The minimum absolute atomic E-state index is 0.0334. The molecule has 0 bridgehead atoms. The quantitative estimate of drug-likeness (QED) is 0.850. The number of benzene rings is 1. The van der Waals surface area contributed by atoms with Gasteiger partial charge in [-0.2, -0.15) is 16.1 Å². The number of nitrogens with two attached hydrogens (primary N) is 1. The molecule has 0 atom stereocenters. The van der Waals surface area contributed by atoms with E-state index in [1.54, 1.807) is 11.8 Å². The molecular formula is C13H19FN2O2S2. The van der Waals surface area contributed by atoms with Crippen molar-refractivity contribution in [3.05, 3.63) is 24.0 Å². The molecule has 7 heteroatoms. The van der Waals surface area contributed by atoms with E-state index in [0.717, 1.165) is 18.2 Å². The summed E-state index contributed by atoms with van der Waals surface area (Å²) in [4.78, 5) is -0.0334. The molecule has 0 aliphatic carbocycles. The third-order valence-electron chi connectivity index (χ3n) is 3.41. The summed E-state index contributed by atoms with van der Waals surface area (Å²) < 4.78 is 40.0. The molecule has 1 aromatic carbocycles. The Balaban J connectivity index is 2.28. The van der Waals surface area contributed by atoms with E-state index in [4.69, 9.17) is 5.73 Å². The van der Waals surface area contributed by atoms with Crippen molar-refractivity contribution in [3.8, 4) is 0 Å². The first-order valence-electron chi connectivity index (χ1n) is 6.41. The first-order valence-corrected chi connectivity index (χ1v) is 8.84. The lowest BCUT2D eigenvalue weighted by atomic mass is 10.1. The van der Waals surface area contributed by atoms with Crippen LogP contribution in [0.2, 0.25) is 0 Å². The van der Waals surface area contributed by atoms with Crippen LogP contribution in [0.3, 0.4) is 0 Å². The molecule has 1 heterocycles. The van der Waals surface area contributed by atoms with E-state index >= 15 is 0 Å². The summed E-state index contributed by atoms with van der Waals surface area (Å²) in [5.74, 6) is 0.0412. The van der Waals surface area contributed by atoms with Crippen molar-refractivity contribution in [1.29, 1.82) is 0 Å². The standard InChI is InChI=1S/C13H19FN2O2S2/c1-13(2)5-6-16(7-8-19-13)20(17,18)10-3-4-12(15)11(14)9-10/h3-4,9H,5-8,15H2,1-2H3. The molecule has 2 N–H and O–H groups in total. The van der Waals surface area contributed by atoms with Crippen molar-refractivity contribution in [2.75, 3.05) is 24.6 Å². The molecule has 1 aromatic rings. The van der Waals surface area contributed by atoms with Gasteiger partial charge in [-0.05, 0) is 24.6 Å². The molecule has 1 aliphatic heterocycles. The maximum absolute atomic E-state index is 13.5. The minimum atomic E-state index is -3.65. The Hall–Kier alpha value is -0.790. The molecule has 0 saturated carbocycles. The maximum Gasteiger partial charge on any atom is 0.243 e. The summed E-state index contributed by atoms with van der Waals surface area (Å²) in [7, 11) is -3.65. The van der Waals surface area contributed by atoms with Crippen molar-refractivity contribution in [1.82, 2.24) is 4.31 Å². The average Bonchev–Trinajstić information content (AvgIpc) is 2.54. The number of hydrogen-bond acceptors (Lipinski definition) is 4. The maximum atomic E-state index is 13.5. The van der Waals surface area contributed by atoms with Crippen LogP contribution in [0.5, 0.6) is 0 Å². The van der Waals surface area contributed by atoms with E-state index < -0.39 is 15.8 Å². The smallest absolute Gasteiger partial charge is 0.243 e. The van der Waals surface area contributed by atoms with Gasteiger partial charge >= 0.3 is 0 Å². The Kier molecular flexibility index (Phi) is 4.32. The molecule has 1 aliphatic rings. The summed E-state index contributed by atoms with van der Waals surface area (Å²) >= 11 is 1.76. The fourth-order valence-corrected chi connectivity index (χ4v) is 4.73. The predicted octanol–water partition coefficient (Wildman–Crippen LogP) is 2.31. The third-order valence-corrected chi connectivity index (χ3v) is 6.67. The van der Waals surface area contributed by atoms with Crippen LogP contribution < -0.4 is 5.73 Å². The number of hydrogen-bond donors (Lipinski definition) is 1.